The third kappa shape index (κ3) is 4.43. The van der Waals surface area contributed by atoms with E-state index in [-0.39, 0.29) is 48.4 Å². The number of benzene rings is 3. The first-order chi connectivity index (χ1) is 15.5. The molecule has 168 valence electrons. The molecule has 0 aromatic heterocycles. The zero-order chi connectivity index (χ0) is 22.7. The Morgan fingerprint density at radius 3 is 2.38 bits per heavy atom. The summed E-state index contributed by atoms with van der Waals surface area (Å²) in [5.41, 5.74) is 1.58. The molecule has 0 fully saturated rings. The van der Waals surface area contributed by atoms with Crippen molar-refractivity contribution in [2.75, 3.05) is 13.2 Å². The second-order valence-corrected chi connectivity index (χ2v) is 7.42. The van der Waals surface area contributed by atoms with Crippen LogP contribution in [0.1, 0.15) is 28.9 Å². The molecule has 3 atom stereocenters. The minimum Gasteiger partial charge on any atom is -0.507 e. The van der Waals surface area contributed by atoms with Crippen LogP contribution in [0.3, 0.4) is 0 Å². The van der Waals surface area contributed by atoms with Crippen LogP contribution < -0.4 is 9.47 Å². The molecule has 8 nitrogen and oxygen atoms in total. The van der Waals surface area contributed by atoms with Crippen LogP contribution in [0.4, 0.5) is 0 Å². The van der Waals surface area contributed by atoms with E-state index >= 15 is 0 Å². The van der Waals surface area contributed by atoms with Crippen molar-refractivity contribution < 1.29 is 39.7 Å². The summed E-state index contributed by atoms with van der Waals surface area (Å²) in [5, 5.41) is 50.3. The highest BCUT2D eigenvalue weighted by Gasteiger charge is 2.41. The van der Waals surface area contributed by atoms with Crippen LogP contribution in [0.2, 0.25) is 0 Å². The van der Waals surface area contributed by atoms with Gasteiger partial charge in [-0.3, -0.25) is 0 Å². The Bertz CT molecular complexity index is 1070. The summed E-state index contributed by atoms with van der Waals surface area (Å²) in [4.78, 5) is 0. The molecular weight excluding hydrogens is 416 g/mol. The number of rotatable bonds is 7. The van der Waals surface area contributed by atoms with Crippen LogP contribution in [0.5, 0.6) is 28.7 Å². The molecule has 8 heteroatoms. The van der Waals surface area contributed by atoms with Gasteiger partial charge in [0.15, 0.2) is 17.6 Å². The average molecular weight is 440 g/mol. The Balaban J connectivity index is 1.67. The second-order valence-electron chi connectivity index (χ2n) is 7.42. The number of phenolic OH excluding ortho intramolecular Hbond substituents is 3. The molecular formula is C24H24O8. The van der Waals surface area contributed by atoms with Gasteiger partial charge in [-0.25, -0.2) is 0 Å². The fraction of sp³-hybridized carbons (Fsp3) is 0.250. The standard InChI is InChI=1S/C24H24O8/c25-8-9-30-24-21-19(28)11-16(31-13-14-4-2-1-3-5-14)12-20(21)32-23(22(24)29)15-6-7-17(26)18(27)10-15/h1-7,10-12,22-29H,8-9,13H2/t22-,23?,24?/m1/s1. The highest BCUT2D eigenvalue weighted by molar-refractivity contribution is 5.54. The van der Waals surface area contributed by atoms with Gasteiger partial charge >= 0.3 is 0 Å². The second kappa shape index (κ2) is 9.35. The molecule has 0 spiro atoms. The van der Waals surface area contributed by atoms with Crippen molar-refractivity contribution in [2.45, 2.75) is 24.9 Å². The van der Waals surface area contributed by atoms with Crippen LogP contribution in [0.15, 0.2) is 60.7 Å². The lowest BCUT2D eigenvalue weighted by Crippen LogP contribution is -2.36. The molecule has 0 radical (unpaired) electrons. The number of hydrogen-bond acceptors (Lipinski definition) is 8. The minimum atomic E-state index is -1.26. The first-order valence-electron chi connectivity index (χ1n) is 10.1. The first kappa shape index (κ1) is 21.8. The fourth-order valence-electron chi connectivity index (χ4n) is 3.68. The fourth-order valence-corrected chi connectivity index (χ4v) is 3.68. The summed E-state index contributed by atoms with van der Waals surface area (Å²) in [7, 11) is 0. The Kier molecular flexibility index (Phi) is 6.36. The van der Waals surface area contributed by atoms with Crippen molar-refractivity contribution in [2.24, 2.45) is 0 Å². The molecule has 0 saturated heterocycles. The van der Waals surface area contributed by atoms with Crippen LogP contribution in [0, 0.1) is 0 Å². The number of fused-ring (bicyclic) bond motifs is 1. The SMILES string of the molecule is OCCOC1c2c(O)cc(OCc3ccccc3)cc2OC(c2ccc(O)c(O)c2)[C@H]1O. The smallest absolute Gasteiger partial charge is 0.157 e. The van der Waals surface area contributed by atoms with Crippen molar-refractivity contribution in [3.05, 3.63) is 77.4 Å². The van der Waals surface area contributed by atoms with E-state index in [2.05, 4.69) is 0 Å². The lowest BCUT2D eigenvalue weighted by Gasteiger charge is -2.37. The number of phenols is 3. The Hall–Kier alpha value is -3.46. The van der Waals surface area contributed by atoms with E-state index in [4.69, 9.17) is 14.2 Å². The lowest BCUT2D eigenvalue weighted by molar-refractivity contribution is -0.108. The number of aliphatic hydroxyl groups excluding tert-OH is 2. The first-order valence-corrected chi connectivity index (χ1v) is 10.1. The van der Waals surface area contributed by atoms with Gasteiger partial charge in [-0.1, -0.05) is 36.4 Å². The summed E-state index contributed by atoms with van der Waals surface area (Å²) >= 11 is 0. The summed E-state index contributed by atoms with van der Waals surface area (Å²) in [6.07, 6.45) is -3.24. The third-order valence-corrected chi connectivity index (χ3v) is 5.22. The molecule has 0 amide bonds. The van der Waals surface area contributed by atoms with Gasteiger partial charge in [-0.2, -0.15) is 0 Å². The van der Waals surface area contributed by atoms with Crippen LogP contribution in [0.25, 0.3) is 0 Å². The number of ether oxygens (including phenoxy) is 3. The number of aliphatic hydroxyl groups is 2. The molecule has 2 unspecified atom stereocenters. The summed E-state index contributed by atoms with van der Waals surface area (Å²) in [5.74, 6) is -0.255. The summed E-state index contributed by atoms with van der Waals surface area (Å²) < 4.78 is 17.4. The van der Waals surface area contributed by atoms with Gasteiger partial charge in [0.05, 0.1) is 18.8 Å². The molecule has 5 N–H and O–H groups in total. The summed E-state index contributed by atoms with van der Waals surface area (Å²) in [6.45, 7) is -0.0646. The molecule has 3 aromatic rings. The molecule has 1 aliphatic heterocycles. The van der Waals surface area contributed by atoms with Crippen molar-refractivity contribution in [1.82, 2.24) is 0 Å². The number of hydrogen-bond donors (Lipinski definition) is 5. The molecule has 4 rings (SSSR count). The largest absolute Gasteiger partial charge is 0.507 e. The lowest BCUT2D eigenvalue weighted by atomic mass is 9.91. The Morgan fingerprint density at radius 1 is 0.875 bits per heavy atom. The van der Waals surface area contributed by atoms with E-state index in [1.54, 1.807) is 6.07 Å². The highest BCUT2D eigenvalue weighted by atomic mass is 16.5. The molecule has 3 aromatic carbocycles. The zero-order valence-corrected chi connectivity index (χ0v) is 17.1. The predicted octanol–water partition coefficient (Wildman–Crippen LogP) is 2.93. The molecule has 0 bridgehead atoms. The molecule has 1 aliphatic rings. The Morgan fingerprint density at radius 2 is 1.66 bits per heavy atom. The van der Waals surface area contributed by atoms with Gasteiger partial charge in [0.25, 0.3) is 0 Å². The van der Waals surface area contributed by atoms with E-state index in [0.717, 1.165) is 5.56 Å². The average Bonchev–Trinajstić information content (AvgIpc) is 2.79. The van der Waals surface area contributed by atoms with Gasteiger partial charge in [0.1, 0.15) is 36.1 Å². The van der Waals surface area contributed by atoms with Crippen molar-refractivity contribution in [1.29, 1.82) is 0 Å². The topological polar surface area (TPSA) is 129 Å². The van der Waals surface area contributed by atoms with E-state index in [9.17, 15) is 25.5 Å². The van der Waals surface area contributed by atoms with E-state index in [0.29, 0.717) is 11.3 Å². The van der Waals surface area contributed by atoms with Crippen LogP contribution in [-0.4, -0.2) is 44.9 Å². The van der Waals surface area contributed by atoms with Gasteiger partial charge in [0.2, 0.25) is 0 Å². The summed E-state index contributed by atoms with van der Waals surface area (Å²) in [6, 6.07) is 16.6. The number of aromatic hydroxyl groups is 3. The van der Waals surface area contributed by atoms with Crippen molar-refractivity contribution >= 4 is 0 Å². The Labute approximate surface area is 184 Å². The van der Waals surface area contributed by atoms with Gasteiger partial charge in [-0.05, 0) is 23.3 Å². The van der Waals surface area contributed by atoms with E-state index in [1.807, 2.05) is 30.3 Å². The van der Waals surface area contributed by atoms with Crippen molar-refractivity contribution in [3.8, 4) is 28.7 Å². The predicted molar refractivity (Wildman–Crippen MR) is 114 cm³/mol. The highest BCUT2D eigenvalue weighted by Crippen LogP contribution is 2.49. The molecule has 0 saturated carbocycles. The van der Waals surface area contributed by atoms with E-state index < -0.39 is 18.3 Å². The van der Waals surface area contributed by atoms with Crippen LogP contribution in [-0.2, 0) is 11.3 Å². The maximum absolute atomic E-state index is 10.9. The van der Waals surface area contributed by atoms with Crippen molar-refractivity contribution in [3.63, 3.8) is 0 Å². The quantitative estimate of drug-likeness (QED) is 0.355. The maximum Gasteiger partial charge on any atom is 0.157 e. The molecule has 0 aliphatic carbocycles. The normalized spacial score (nSPS) is 19.8. The van der Waals surface area contributed by atoms with Gasteiger partial charge in [0, 0.05) is 12.1 Å². The zero-order valence-electron chi connectivity index (χ0n) is 17.1. The van der Waals surface area contributed by atoms with Gasteiger partial charge in [-0.15, -0.1) is 0 Å². The monoisotopic (exact) mass is 440 g/mol. The minimum absolute atomic E-state index is 0.0690. The third-order valence-electron chi connectivity index (χ3n) is 5.22. The maximum atomic E-state index is 10.9. The van der Waals surface area contributed by atoms with Crippen LogP contribution >= 0.6 is 0 Å². The van der Waals surface area contributed by atoms with E-state index in [1.165, 1.54) is 24.3 Å². The molecule has 1 heterocycles. The molecule has 32 heavy (non-hydrogen) atoms. The van der Waals surface area contributed by atoms with Gasteiger partial charge < -0.3 is 39.7 Å².